The lowest BCUT2D eigenvalue weighted by Crippen LogP contribution is -2.02. The Bertz CT molecular complexity index is 362. The van der Waals surface area contributed by atoms with Gasteiger partial charge in [0.15, 0.2) is 0 Å². The fourth-order valence-electron chi connectivity index (χ4n) is 0.970. The molecule has 0 saturated heterocycles. The topological polar surface area (TPSA) is 98.3 Å². The molecule has 0 amide bonds. The number of aromatic amines is 1. The summed E-state index contributed by atoms with van der Waals surface area (Å²) in [7, 11) is 0. The molecule has 0 aromatic carbocycles. The molecule has 13 heavy (non-hydrogen) atoms. The number of nitrogens with zero attached hydrogens (tertiary/aromatic N) is 5. The summed E-state index contributed by atoms with van der Waals surface area (Å²) in [6.45, 7) is 0.934. The third-order valence-electron chi connectivity index (χ3n) is 1.57. The zero-order valence-electron chi connectivity index (χ0n) is 6.88. The van der Waals surface area contributed by atoms with Crippen LogP contribution in [-0.4, -0.2) is 30.2 Å². The smallest absolute Gasteiger partial charge is 0.146 e. The normalized spacial score (nSPS) is 10.5. The fraction of sp³-hybridized carbons (Fsp3) is 0.333. The standard InChI is InChI=1S/C6H9N7/c7-1-5-2-13(12-10-5)3-6-8-4-9-11-6/h2,4H,1,3,7H2,(H,8,9,11). The van der Waals surface area contributed by atoms with E-state index >= 15 is 0 Å². The van der Waals surface area contributed by atoms with Gasteiger partial charge in [0, 0.05) is 6.54 Å². The summed E-state index contributed by atoms with van der Waals surface area (Å²) in [5.41, 5.74) is 6.15. The van der Waals surface area contributed by atoms with Gasteiger partial charge in [-0.1, -0.05) is 5.21 Å². The van der Waals surface area contributed by atoms with Crippen LogP contribution in [0.4, 0.5) is 0 Å². The maximum absolute atomic E-state index is 5.38. The number of aromatic nitrogens is 6. The van der Waals surface area contributed by atoms with Crippen molar-refractivity contribution in [3.8, 4) is 0 Å². The minimum absolute atomic E-state index is 0.399. The molecule has 0 unspecified atom stereocenters. The van der Waals surface area contributed by atoms with Crippen LogP contribution in [0.5, 0.6) is 0 Å². The molecule has 2 aromatic heterocycles. The molecule has 0 saturated carbocycles. The predicted molar refractivity (Wildman–Crippen MR) is 43.4 cm³/mol. The summed E-state index contributed by atoms with van der Waals surface area (Å²) in [5, 5.41) is 14.2. The van der Waals surface area contributed by atoms with E-state index in [0.717, 1.165) is 11.5 Å². The van der Waals surface area contributed by atoms with Crippen molar-refractivity contribution in [3.05, 3.63) is 24.0 Å². The molecule has 3 N–H and O–H groups in total. The quantitative estimate of drug-likeness (QED) is 0.623. The highest BCUT2D eigenvalue weighted by molar-refractivity contribution is 4.92. The van der Waals surface area contributed by atoms with E-state index < -0.39 is 0 Å². The van der Waals surface area contributed by atoms with Gasteiger partial charge >= 0.3 is 0 Å². The Balaban J connectivity index is 2.10. The van der Waals surface area contributed by atoms with E-state index in [1.807, 2.05) is 0 Å². The molecule has 68 valence electrons. The average Bonchev–Trinajstić information content (AvgIpc) is 2.76. The highest BCUT2D eigenvalue weighted by Crippen LogP contribution is 1.94. The fourth-order valence-corrected chi connectivity index (χ4v) is 0.970. The second kappa shape index (κ2) is 3.31. The molecule has 0 atom stereocenters. The highest BCUT2D eigenvalue weighted by atomic mass is 15.4. The van der Waals surface area contributed by atoms with Gasteiger partial charge in [0.1, 0.15) is 18.7 Å². The van der Waals surface area contributed by atoms with E-state index in [-0.39, 0.29) is 0 Å². The van der Waals surface area contributed by atoms with Crippen molar-refractivity contribution in [1.82, 2.24) is 30.2 Å². The van der Waals surface area contributed by atoms with Gasteiger partial charge in [0.2, 0.25) is 0 Å². The highest BCUT2D eigenvalue weighted by Gasteiger charge is 2.00. The van der Waals surface area contributed by atoms with Crippen LogP contribution in [0.25, 0.3) is 0 Å². The summed E-state index contributed by atoms with van der Waals surface area (Å²) in [5.74, 6) is 0.744. The first-order valence-electron chi connectivity index (χ1n) is 3.82. The summed E-state index contributed by atoms with van der Waals surface area (Å²) < 4.78 is 1.66. The van der Waals surface area contributed by atoms with Gasteiger partial charge in [-0.15, -0.1) is 5.10 Å². The molecule has 0 aliphatic carbocycles. The molecule has 0 radical (unpaired) electrons. The zero-order valence-corrected chi connectivity index (χ0v) is 6.88. The number of H-pyrrole nitrogens is 1. The van der Waals surface area contributed by atoms with E-state index in [4.69, 9.17) is 5.73 Å². The first kappa shape index (κ1) is 7.87. The van der Waals surface area contributed by atoms with Crippen LogP contribution in [0.15, 0.2) is 12.5 Å². The molecule has 0 bridgehead atoms. The lowest BCUT2D eigenvalue weighted by Gasteiger charge is -1.93. The van der Waals surface area contributed by atoms with E-state index in [1.54, 1.807) is 10.9 Å². The molecular weight excluding hydrogens is 170 g/mol. The van der Waals surface area contributed by atoms with Crippen LogP contribution in [0, 0.1) is 0 Å². The summed E-state index contributed by atoms with van der Waals surface area (Å²) in [4.78, 5) is 3.96. The van der Waals surface area contributed by atoms with Crippen LogP contribution < -0.4 is 5.73 Å². The molecule has 0 aliphatic heterocycles. The van der Waals surface area contributed by atoms with Gasteiger partial charge in [-0.3, -0.25) is 5.10 Å². The maximum Gasteiger partial charge on any atom is 0.146 e. The average molecular weight is 179 g/mol. The van der Waals surface area contributed by atoms with Gasteiger partial charge in [0.05, 0.1) is 11.9 Å². The Morgan fingerprint density at radius 2 is 2.46 bits per heavy atom. The van der Waals surface area contributed by atoms with Crippen molar-refractivity contribution in [2.45, 2.75) is 13.1 Å². The molecule has 0 aliphatic rings. The van der Waals surface area contributed by atoms with E-state index in [0.29, 0.717) is 13.1 Å². The van der Waals surface area contributed by atoms with E-state index in [1.165, 1.54) is 6.33 Å². The summed E-state index contributed by atoms with van der Waals surface area (Å²) in [6.07, 6.45) is 3.23. The van der Waals surface area contributed by atoms with Crippen LogP contribution in [0.2, 0.25) is 0 Å². The summed E-state index contributed by atoms with van der Waals surface area (Å²) >= 11 is 0. The van der Waals surface area contributed by atoms with Gasteiger partial charge in [-0.2, -0.15) is 5.10 Å². The van der Waals surface area contributed by atoms with E-state index in [2.05, 4.69) is 25.5 Å². The Morgan fingerprint density at radius 1 is 1.54 bits per heavy atom. The van der Waals surface area contributed by atoms with Crippen molar-refractivity contribution in [2.24, 2.45) is 5.73 Å². The third kappa shape index (κ3) is 1.70. The third-order valence-corrected chi connectivity index (χ3v) is 1.57. The largest absolute Gasteiger partial charge is 0.325 e. The first-order valence-corrected chi connectivity index (χ1v) is 3.82. The minimum atomic E-state index is 0.399. The predicted octanol–water partition coefficient (Wildman–Crippen LogP) is -1.10. The van der Waals surface area contributed by atoms with Crippen LogP contribution in [0.3, 0.4) is 0 Å². The molecule has 0 fully saturated rings. The lowest BCUT2D eigenvalue weighted by atomic mass is 10.5. The number of nitrogens with two attached hydrogens (primary N) is 1. The number of rotatable bonds is 3. The van der Waals surface area contributed by atoms with Crippen molar-refractivity contribution < 1.29 is 0 Å². The van der Waals surface area contributed by atoms with Gasteiger partial charge < -0.3 is 5.73 Å². The maximum atomic E-state index is 5.38. The molecule has 2 heterocycles. The van der Waals surface area contributed by atoms with Crippen LogP contribution >= 0.6 is 0 Å². The minimum Gasteiger partial charge on any atom is -0.325 e. The SMILES string of the molecule is NCc1cn(Cc2ncn[nH]2)nn1. The molecular formula is C6H9N7. The Labute approximate surface area is 74.0 Å². The van der Waals surface area contributed by atoms with Crippen molar-refractivity contribution in [1.29, 1.82) is 0 Å². The Morgan fingerprint density at radius 3 is 3.08 bits per heavy atom. The van der Waals surface area contributed by atoms with Gasteiger partial charge in [-0.05, 0) is 0 Å². The molecule has 7 heteroatoms. The Hall–Kier alpha value is -1.76. The van der Waals surface area contributed by atoms with Gasteiger partial charge in [-0.25, -0.2) is 9.67 Å². The van der Waals surface area contributed by atoms with E-state index in [9.17, 15) is 0 Å². The molecule has 2 aromatic rings. The van der Waals surface area contributed by atoms with Crippen LogP contribution in [0.1, 0.15) is 11.5 Å². The molecule has 2 rings (SSSR count). The second-order valence-electron chi connectivity index (χ2n) is 2.54. The zero-order chi connectivity index (χ0) is 9.10. The number of nitrogens with one attached hydrogen (secondary N) is 1. The van der Waals surface area contributed by atoms with Crippen molar-refractivity contribution >= 4 is 0 Å². The Kier molecular flexibility index (Phi) is 2.01. The van der Waals surface area contributed by atoms with Crippen molar-refractivity contribution in [3.63, 3.8) is 0 Å². The van der Waals surface area contributed by atoms with Crippen molar-refractivity contribution in [2.75, 3.05) is 0 Å². The second-order valence-corrected chi connectivity index (χ2v) is 2.54. The first-order chi connectivity index (χ1) is 6.38. The summed E-state index contributed by atoms with van der Waals surface area (Å²) in [6, 6.07) is 0. The van der Waals surface area contributed by atoms with Gasteiger partial charge in [0.25, 0.3) is 0 Å². The molecule has 7 nitrogen and oxygen atoms in total. The number of hydrogen-bond acceptors (Lipinski definition) is 5. The number of hydrogen-bond donors (Lipinski definition) is 2. The lowest BCUT2D eigenvalue weighted by molar-refractivity contribution is 0.626. The molecule has 0 spiro atoms. The van der Waals surface area contributed by atoms with Crippen LogP contribution in [-0.2, 0) is 13.1 Å². The monoisotopic (exact) mass is 179 g/mol.